The molecule has 2 heterocycles. The van der Waals surface area contributed by atoms with E-state index in [4.69, 9.17) is 16.2 Å². The molecule has 0 radical (unpaired) electrons. The molecule has 10 heteroatoms. The molecule has 0 unspecified atom stereocenters. The van der Waals surface area contributed by atoms with Crippen LogP contribution < -0.4 is 16.8 Å². The van der Waals surface area contributed by atoms with Crippen molar-refractivity contribution in [2.24, 2.45) is 16.9 Å². The topological polar surface area (TPSA) is 147 Å². The molecule has 3 aliphatic rings. The third kappa shape index (κ3) is 4.88. The van der Waals surface area contributed by atoms with E-state index in [2.05, 4.69) is 9.88 Å². The van der Waals surface area contributed by atoms with Crippen LogP contribution in [0.15, 0.2) is 23.1 Å². The van der Waals surface area contributed by atoms with Crippen LogP contribution in [0.1, 0.15) is 73.3 Å². The number of nitrogens with one attached hydrogen (secondary N) is 1. The summed E-state index contributed by atoms with van der Waals surface area (Å²) >= 11 is 0. The number of amides is 1. The minimum absolute atomic E-state index is 0.0878. The molecule has 2 aromatic rings. The lowest BCUT2D eigenvalue weighted by Gasteiger charge is -2.31. The van der Waals surface area contributed by atoms with Gasteiger partial charge in [-0.05, 0) is 80.5 Å². The fourth-order valence-electron chi connectivity index (χ4n) is 6.37. The Bertz CT molecular complexity index is 1350. The van der Waals surface area contributed by atoms with Gasteiger partial charge in [-0.25, -0.2) is 8.42 Å². The number of rotatable bonds is 6. The predicted octanol–water partition coefficient (Wildman–Crippen LogP) is 2.65. The van der Waals surface area contributed by atoms with Gasteiger partial charge in [0, 0.05) is 28.8 Å². The van der Waals surface area contributed by atoms with Crippen molar-refractivity contribution >= 4 is 27.4 Å². The monoisotopic (exact) mass is 528 g/mol. The lowest BCUT2D eigenvalue weighted by Crippen LogP contribution is -2.33. The molecule has 5 rings (SSSR count). The van der Waals surface area contributed by atoms with Crippen molar-refractivity contribution < 1.29 is 22.7 Å². The number of hydrogen-bond acceptors (Lipinski definition) is 7. The Morgan fingerprint density at radius 3 is 2.54 bits per heavy atom. The van der Waals surface area contributed by atoms with E-state index < -0.39 is 21.7 Å². The normalized spacial score (nSPS) is 23.6. The van der Waals surface area contributed by atoms with E-state index in [1.54, 1.807) is 6.07 Å². The maximum Gasteiger partial charge on any atom is 0.319 e. The summed E-state index contributed by atoms with van der Waals surface area (Å²) < 4.78 is 34.2. The van der Waals surface area contributed by atoms with Gasteiger partial charge in [-0.1, -0.05) is 13.8 Å². The van der Waals surface area contributed by atoms with E-state index in [9.17, 15) is 18.0 Å². The highest BCUT2D eigenvalue weighted by molar-refractivity contribution is 7.91. The lowest BCUT2D eigenvalue weighted by atomic mass is 9.89. The SMILES string of the molecule is CC1(C)Cc2c(c3c(n2-c2ccc(C(N)=O)c(NC4CCC(OC(=O)CN)CC4)c2)CCC3)S(=O)(=O)C1. The highest BCUT2D eigenvalue weighted by atomic mass is 32.2. The van der Waals surface area contributed by atoms with Crippen LogP contribution in [0.3, 0.4) is 0 Å². The molecule has 1 aromatic carbocycles. The first kappa shape index (κ1) is 25.8. The van der Waals surface area contributed by atoms with Crippen molar-refractivity contribution in [2.75, 3.05) is 17.6 Å². The Hall–Kier alpha value is -2.85. The lowest BCUT2D eigenvalue weighted by molar-refractivity contribution is -0.148. The van der Waals surface area contributed by atoms with Crippen LogP contribution in [0.25, 0.3) is 5.69 Å². The number of anilines is 1. The number of aromatic nitrogens is 1. The predicted molar refractivity (Wildman–Crippen MR) is 141 cm³/mol. The summed E-state index contributed by atoms with van der Waals surface area (Å²) in [5.74, 6) is -0.767. The number of esters is 1. The number of sulfone groups is 1. The molecule has 9 nitrogen and oxygen atoms in total. The highest BCUT2D eigenvalue weighted by Gasteiger charge is 2.42. The number of hydrogen-bond donors (Lipinski definition) is 3. The average molecular weight is 529 g/mol. The van der Waals surface area contributed by atoms with Crippen molar-refractivity contribution in [3.63, 3.8) is 0 Å². The fourth-order valence-corrected chi connectivity index (χ4v) is 8.76. The van der Waals surface area contributed by atoms with Crippen molar-refractivity contribution in [1.82, 2.24) is 4.57 Å². The second-order valence-corrected chi connectivity index (χ2v) is 13.3. The van der Waals surface area contributed by atoms with Crippen molar-refractivity contribution in [2.45, 2.75) is 82.3 Å². The second-order valence-electron chi connectivity index (χ2n) is 11.4. The molecule has 0 bridgehead atoms. The summed E-state index contributed by atoms with van der Waals surface area (Å²) in [6, 6.07) is 5.60. The third-order valence-electron chi connectivity index (χ3n) is 7.83. The molecule has 1 aliphatic heterocycles. The molecule has 0 atom stereocenters. The van der Waals surface area contributed by atoms with E-state index in [0.29, 0.717) is 35.4 Å². The minimum Gasteiger partial charge on any atom is -0.461 e. The molecule has 1 fully saturated rings. The third-order valence-corrected chi connectivity index (χ3v) is 10.1. The van der Waals surface area contributed by atoms with Gasteiger partial charge in [-0.15, -0.1) is 0 Å². The highest BCUT2D eigenvalue weighted by Crippen LogP contribution is 2.44. The van der Waals surface area contributed by atoms with E-state index in [1.807, 2.05) is 26.0 Å². The number of benzene rings is 1. The second kappa shape index (κ2) is 9.47. The van der Waals surface area contributed by atoms with E-state index >= 15 is 0 Å². The Kier molecular flexibility index (Phi) is 6.60. The van der Waals surface area contributed by atoms with Gasteiger partial charge in [0.1, 0.15) is 6.10 Å². The Morgan fingerprint density at radius 1 is 1.14 bits per heavy atom. The molecule has 0 saturated heterocycles. The fraction of sp³-hybridized carbons (Fsp3) is 0.556. The molecule has 200 valence electrons. The summed E-state index contributed by atoms with van der Waals surface area (Å²) in [7, 11) is -3.39. The summed E-state index contributed by atoms with van der Waals surface area (Å²) in [4.78, 5) is 24.3. The largest absolute Gasteiger partial charge is 0.461 e. The number of ether oxygens (including phenoxy) is 1. The Labute approximate surface area is 217 Å². The quantitative estimate of drug-likeness (QED) is 0.489. The van der Waals surface area contributed by atoms with Gasteiger partial charge in [-0.3, -0.25) is 9.59 Å². The van der Waals surface area contributed by atoms with Gasteiger partial charge in [-0.2, -0.15) is 0 Å². The first-order valence-corrected chi connectivity index (χ1v) is 14.7. The molecule has 1 aromatic heterocycles. The molecular formula is C27H36N4O5S. The maximum absolute atomic E-state index is 13.4. The molecule has 1 saturated carbocycles. The number of nitrogens with two attached hydrogens (primary N) is 2. The molecule has 5 N–H and O–H groups in total. The standard InChI is InChI=1S/C27H36N4O5S/c1-27(2)13-23-25(37(34,35)15-27)20-4-3-5-22(20)31(23)17-8-11-19(26(29)33)21(12-17)30-16-6-9-18(10-7-16)36-24(32)14-28/h8,11-12,16,18,30H,3-7,9-10,13-15,28H2,1-2H3,(H2,29,33). The van der Waals surface area contributed by atoms with Gasteiger partial charge < -0.3 is 26.1 Å². The smallest absolute Gasteiger partial charge is 0.319 e. The van der Waals surface area contributed by atoms with Crippen molar-refractivity contribution in [3.05, 3.63) is 40.7 Å². The van der Waals surface area contributed by atoms with Crippen LogP contribution >= 0.6 is 0 Å². The number of nitrogens with zero attached hydrogens (tertiary/aromatic N) is 1. The maximum atomic E-state index is 13.4. The first-order valence-electron chi connectivity index (χ1n) is 13.1. The van der Waals surface area contributed by atoms with Crippen LogP contribution in [0.5, 0.6) is 0 Å². The number of fused-ring (bicyclic) bond motifs is 3. The van der Waals surface area contributed by atoms with E-state index in [0.717, 1.165) is 54.7 Å². The van der Waals surface area contributed by atoms with E-state index in [1.165, 1.54) is 0 Å². The van der Waals surface area contributed by atoms with Gasteiger partial charge in [0.15, 0.2) is 9.84 Å². The summed E-state index contributed by atoms with van der Waals surface area (Å²) in [5, 5.41) is 3.50. The molecule has 2 aliphatic carbocycles. The van der Waals surface area contributed by atoms with Crippen LogP contribution in [0.2, 0.25) is 0 Å². The number of primary amides is 1. The van der Waals surface area contributed by atoms with Gasteiger partial charge in [0.25, 0.3) is 5.91 Å². The van der Waals surface area contributed by atoms with Gasteiger partial charge in [0.2, 0.25) is 0 Å². The average Bonchev–Trinajstić information content (AvgIpc) is 3.38. The zero-order valence-electron chi connectivity index (χ0n) is 21.5. The Morgan fingerprint density at radius 2 is 1.86 bits per heavy atom. The molecule has 1 amide bonds. The Balaban J connectivity index is 1.49. The summed E-state index contributed by atoms with van der Waals surface area (Å²) in [6.45, 7) is 3.87. The van der Waals surface area contributed by atoms with E-state index in [-0.39, 0.29) is 29.9 Å². The number of carbonyl (C=O) groups excluding carboxylic acids is 2. The molecule has 37 heavy (non-hydrogen) atoms. The van der Waals surface area contributed by atoms with Crippen LogP contribution in [-0.4, -0.2) is 49.3 Å². The molecule has 0 spiro atoms. The van der Waals surface area contributed by atoms with Crippen molar-refractivity contribution in [1.29, 1.82) is 0 Å². The minimum atomic E-state index is -3.39. The van der Waals surface area contributed by atoms with Crippen LogP contribution in [-0.2, 0) is 38.6 Å². The summed E-state index contributed by atoms with van der Waals surface area (Å²) in [6.07, 6.45) is 6.00. The first-order chi connectivity index (χ1) is 17.5. The van der Waals surface area contributed by atoms with Crippen molar-refractivity contribution in [3.8, 4) is 5.69 Å². The van der Waals surface area contributed by atoms with Gasteiger partial charge >= 0.3 is 5.97 Å². The van der Waals surface area contributed by atoms with Crippen LogP contribution in [0, 0.1) is 5.41 Å². The zero-order chi connectivity index (χ0) is 26.5. The number of carbonyl (C=O) groups is 2. The van der Waals surface area contributed by atoms with Gasteiger partial charge in [0.05, 0.1) is 22.8 Å². The zero-order valence-corrected chi connectivity index (χ0v) is 22.3. The van der Waals surface area contributed by atoms with Crippen LogP contribution in [0.4, 0.5) is 5.69 Å². The molecular weight excluding hydrogens is 492 g/mol. The summed E-state index contributed by atoms with van der Waals surface area (Å²) in [5.41, 5.74) is 15.5.